The number of nitrogens with one attached hydrogen (secondary N) is 1. The van der Waals surface area contributed by atoms with Crippen molar-refractivity contribution in [3.63, 3.8) is 0 Å². The molecule has 0 spiro atoms. The zero-order valence-electron chi connectivity index (χ0n) is 14.3. The number of alkyl halides is 3. The van der Waals surface area contributed by atoms with E-state index in [2.05, 4.69) is 10.3 Å². The Morgan fingerprint density at radius 1 is 1.11 bits per heavy atom. The molecule has 0 atom stereocenters. The molecule has 0 aliphatic rings. The van der Waals surface area contributed by atoms with E-state index < -0.39 is 11.7 Å². The molecule has 0 aliphatic heterocycles. The molecule has 0 unspecified atom stereocenters. The predicted octanol–water partition coefficient (Wildman–Crippen LogP) is 3.25. The molecule has 0 bridgehead atoms. The van der Waals surface area contributed by atoms with Crippen LogP contribution in [0.15, 0.2) is 48.5 Å². The number of carbonyl (C=O) groups excluding carboxylic acids is 1. The summed E-state index contributed by atoms with van der Waals surface area (Å²) in [5.74, 6) is 0.0556. The number of para-hydroxylation sites is 2. The van der Waals surface area contributed by atoms with Gasteiger partial charge in [0.15, 0.2) is 0 Å². The highest BCUT2D eigenvalue weighted by Crippen LogP contribution is 2.31. The molecule has 5 nitrogen and oxygen atoms in total. The average Bonchev–Trinajstić information content (AvgIpc) is 3.02. The third-order valence-electron chi connectivity index (χ3n) is 4.24. The van der Waals surface area contributed by atoms with Crippen molar-refractivity contribution in [3.8, 4) is 0 Å². The van der Waals surface area contributed by atoms with Crippen LogP contribution in [0.5, 0.6) is 0 Å². The Bertz CT molecular complexity index is 951. The molecule has 27 heavy (non-hydrogen) atoms. The zero-order chi connectivity index (χ0) is 19.4. The first-order valence-corrected chi connectivity index (χ1v) is 8.37. The second-order valence-corrected chi connectivity index (χ2v) is 6.01. The fourth-order valence-electron chi connectivity index (χ4n) is 2.94. The summed E-state index contributed by atoms with van der Waals surface area (Å²) in [5, 5.41) is 12.0. The van der Waals surface area contributed by atoms with Crippen LogP contribution in [0.1, 0.15) is 23.4 Å². The Hall–Kier alpha value is -2.87. The lowest BCUT2D eigenvalue weighted by Crippen LogP contribution is -2.25. The standard InChI is InChI=1S/C19H18F3N3O2/c20-19(21,22)14-6-2-1-5-13(14)11-23-18(27)9-10-25-16-8-4-3-7-15(16)24-17(25)12-26/h1-8,26H,9-12H2,(H,23,27). The second kappa shape index (κ2) is 7.79. The smallest absolute Gasteiger partial charge is 0.388 e. The van der Waals surface area contributed by atoms with E-state index in [0.29, 0.717) is 11.3 Å². The maximum atomic E-state index is 13.0. The highest BCUT2D eigenvalue weighted by Gasteiger charge is 2.32. The van der Waals surface area contributed by atoms with Gasteiger partial charge < -0.3 is 15.0 Å². The topological polar surface area (TPSA) is 67.2 Å². The number of halogens is 3. The monoisotopic (exact) mass is 377 g/mol. The van der Waals surface area contributed by atoms with Crippen molar-refractivity contribution in [3.05, 3.63) is 65.5 Å². The van der Waals surface area contributed by atoms with Crippen LogP contribution in [0.25, 0.3) is 11.0 Å². The summed E-state index contributed by atoms with van der Waals surface area (Å²) in [7, 11) is 0. The van der Waals surface area contributed by atoms with E-state index >= 15 is 0 Å². The lowest BCUT2D eigenvalue weighted by atomic mass is 10.1. The van der Waals surface area contributed by atoms with E-state index in [-0.39, 0.29) is 37.6 Å². The molecule has 1 heterocycles. The molecule has 2 aromatic carbocycles. The molecular formula is C19H18F3N3O2. The van der Waals surface area contributed by atoms with Gasteiger partial charge in [0, 0.05) is 19.5 Å². The van der Waals surface area contributed by atoms with Gasteiger partial charge in [0.05, 0.1) is 16.6 Å². The summed E-state index contributed by atoms with van der Waals surface area (Å²) < 4.78 is 40.7. The molecule has 3 rings (SSSR count). The molecule has 0 fully saturated rings. The van der Waals surface area contributed by atoms with Gasteiger partial charge in [-0.2, -0.15) is 13.2 Å². The van der Waals surface area contributed by atoms with Crippen LogP contribution < -0.4 is 5.32 Å². The average molecular weight is 377 g/mol. The molecule has 1 aromatic heterocycles. The van der Waals surface area contributed by atoms with Gasteiger partial charge in [-0.05, 0) is 23.8 Å². The van der Waals surface area contributed by atoms with Crippen LogP contribution in [0, 0.1) is 0 Å². The lowest BCUT2D eigenvalue weighted by Gasteiger charge is -2.13. The van der Waals surface area contributed by atoms with E-state index in [1.54, 1.807) is 10.6 Å². The minimum atomic E-state index is -4.47. The second-order valence-electron chi connectivity index (χ2n) is 6.01. The molecule has 142 valence electrons. The van der Waals surface area contributed by atoms with Gasteiger partial charge in [-0.15, -0.1) is 0 Å². The molecule has 3 aromatic rings. The number of carbonyl (C=O) groups is 1. The van der Waals surface area contributed by atoms with E-state index in [4.69, 9.17) is 0 Å². The summed E-state index contributed by atoms with van der Waals surface area (Å²) in [6.07, 6.45) is -4.41. The van der Waals surface area contributed by atoms with Gasteiger partial charge in [0.1, 0.15) is 12.4 Å². The largest absolute Gasteiger partial charge is 0.416 e. The number of aromatic nitrogens is 2. The number of hydrogen-bond donors (Lipinski definition) is 2. The van der Waals surface area contributed by atoms with Crippen LogP contribution in [0.4, 0.5) is 13.2 Å². The first kappa shape index (κ1) is 18.9. The van der Waals surface area contributed by atoms with Gasteiger partial charge in [-0.1, -0.05) is 30.3 Å². The van der Waals surface area contributed by atoms with Crippen molar-refractivity contribution >= 4 is 16.9 Å². The highest BCUT2D eigenvalue weighted by molar-refractivity contribution is 5.78. The number of fused-ring (bicyclic) bond motifs is 1. The normalized spacial score (nSPS) is 11.7. The van der Waals surface area contributed by atoms with Gasteiger partial charge in [-0.25, -0.2) is 4.98 Å². The first-order chi connectivity index (χ1) is 12.9. The summed E-state index contributed by atoms with van der Waals surface area (Å²) in [6, 6.07) is 12.4. The molecule has 0 saturated heterocycles. The number of imidazole rings is 1. The Morgan fingerprint density at radius 3 is 2.56 bits per heavy atom. The number of rotatable bonds is 6. The third kappa shape index (κ3) is 4.28. The summed E-state index contributed by atoms with van der Waals surface area (Å²) in [4.78, 5) is 16.4. The molecule has 2 N–H and O–H groups in total. The minimum Gasteiger partial charge on any atom is -0.388 e. The number of aliphatic hydroxyl groups is 1. The van der Waals surface area contributed by atoms with Gasteiger partial charge >= 0.3 is 6.18 Å². The Kier molecular flexibility index (Phi) is 5.46. The summed E-state index contributed by atoms with van der Waals surface area (Å²) in [5.41, 5.74) is 0.758. The van der Waals surface area contributed by atoms with Gasteiger partial charge in [0.2, 0.25) is 5.91 Å². The molecule has 0 aliphatic carbocycles. The van der Waals surface area contributed by atoms with Gasteiger partial charge in [0.25, 0.3) is 0 Å². The zero-order valence-corrected chi connectivity index (χ0v) is 14.3. The lowest BCUT2D eigenvalue weighted by molar-refractivity contribution is -0.138. The fourth-order valence-corrected chi connectivity index (χ4v) is 2.94. The SMILES string of the molecule is O=C(CCn1c(CO)nc2ccccc21)NCc1ccccc1C(F)(F)F. The maximum Gasteiger partial charge on any atom is 0.416 e. The third-order valence-corrected chi connectivity index (χ3v) is 4.24. The molecular weight excluding hydrogens is 359 g/mol. The van der Waals surface area contributed by atoms with Gasteiger partial charge in [-0.3, -0.25) is 4.79 Å². The van der Waals surface area contributed by atoms with Crippen molar-refractivity contribution in [2.75, 3.05) is 0 Å². The quantitative estimate of drug-likeness (QED) is 0.693. The van der Waals surface area contributed by atoms with Crippen molar-refractivity contribution in [1.29, 1.82) is 0 Å². The van der Waals surface area contributed by atoms with E-state index in [1.165, 1.54) is 18.2 Å². The van der Waals surface area contributed by atoms with Crippen LogP contribution in [0.2, 0.25) is 0 Å². The van der Waals surface area contributed by atoms with Crippen LogP contribution in [0.3, 0.4) is 0 Å². The molecule has 1 amide bonds. The highest BCUT2D eigenvalue weighted by atomic mass is 19.4. The number of amides is 1. The fraction of sp³-hybridized carbons (Fsp3) is 0.263. The summed E-state index contributed by atoms with van der Waals surface area (Å²) >= 11 is 0. The van der Waals surface area contributed by atoms with E-state index in [0.717, 1.165) is 11.6 Å². The molecule has 0 radical (unpaired) electrons. The minimum absolute atomic E-state index is 0.0162. The molecule has 0 saturated carbocycles. The maximum absolute atomic E-state index is 13.0. The Balaban J connectivity index is 1.65. The first-order valence-electron chi connectivity index (χ1n) is 8.37. The predicted molar refractivity (Wildman–Crippen MR) is 93.6 cm³/mol. The van der Waals surface area contributed by atoms with E-state index in [1.807, 2.05) is 18.2 Å². The number of aryl methyl sites for hydroxylation is 1. The van der Waals surface area contributed by atoms with Crippen LogP contribution >= 0.6 is 0 Å². The molecule has 8 heteroatoms. The van der Waals surface area contributed by atoms with Crippen molar-refractivity contribution < 1.29 is 23.1 Å². The number of nitrogens with zero attached hydrogens (tertiary/aromatic N) is 2. The van der Waals surface area contributed by atoms with E-state index in [9.17, 15) is 23.1 Å². The Labute approximate surface area is 153 Å². The van der Waals surface area contributed by atoms with Crippen molar-refractivity contribution in [2.24, 2.45) is 0 Å². The Morgan fingerprint density at radius 2 is 1.81 bits per heavy atom. The van der Waals surface area contributed by atoms with Crippen molar-refractivity contribution in [2.45, 2.75) is 32.3 Å². The number of aliphatic hydroxyl groups excluding tert-OH is 1. The number of hydrogen-bond acceptors (Lipinski definition) is 3. The van der Waals surface area contributed by atoms with Crippen LogP contribution in [-0.4, -0.2) is 20.6 Å². The summed E-state index contributed by atoms with van der Waals surface area (Å²) in [6.45, 7) is -0.204. The van der Waals surface area contributed by atoms with Crippen molar-refractivity contribution in [1.82, 2.24) is 14.9 Å². The van der Waals surface area contributed by atoms with Crippen LogP contribution in [-0.2, 0) is 30.7 Å². The number of benzene rings is 2.